The quantitative estimate of drug-likeness (QED) is 0.792. The fourth-order valence-corrected chi connectivity index (χ4v) is 2.41. The van der Waals surface area contributed by atoms with E-state index < -0.39 is 5.97 Å². The van der Waals surface area contributed by atoms with Crippen LogP contribution in [0.3, 0.4) is 0 Å². The minimum absolute atomic E-state index is 0.0683. The number of carbonyl (C=O) groups excluding carboxylic acids is 1. The second kappa shape index (κ2) is 6.04. The molecule has 0 spiro atoms. The maximum Gasteiger partial charge on any atom is 0.339 e. The highest BCUT2D eigenvalue weighted by Gasteiger charge is 2.23. The van der Waals surface area contributed by atoms with Gasteiger partial charge < -0.3 is 15.7 Å². The highest BCUT2D eigenvalue weighted by molar-refractivity contribution is 6.34. The molecule has 0 aromatic heterocycles. The molecule has 1 atom stereocenters. The number of aromatic carboxylic acids is 1. The molecular formula is C13H15ClN2O3. The molecule has 2 rings (SSSR count). The lowest BCUT2D eigenvalue weighted by molar-refractivity contribution is -0.120. The lowest BCUT2D eigenvalue weighted by atomic mass is 9.98. The summed E-state index contributed by atoms with van der Waals surface area (Å²) in [6, 6.07) is 4.65. The van der Waals surface area contributed by atoms with E-state index in [0.717, 1.165) is 19.4 Å². The number of amides is 1. The summed E-state index contributed by atoms with van der Waals surface area (Å²) in [6.45, 7) is 1.54. The van der Waals surface area contributed by atoms with E-state index in [1.807, 2.05) is 0 Å². The number of halogens is 1. The Morgan fingerprint density at radius 1 is 1.42 bits per heavy atom. The van der Waals surface area contributed by atoms with Crippen molar-refractivity contribution in [3.8, 4) is 0 Å². The Morgan fingerprint density at radius 3 is 2.84 bits per heavy atom. The average Bonchev–Trinajstić information content (AvgIpc) is 2.39. The Morgan fingerprint density at radius 2 is 2.21 bits per heavy atom. The number of carbonyl (C=O) groups is 2. The van der Waals surface area contributed by atoms with Crippen LogP contribution < -0.4 is 10.6 Å². The smallest absolute Gasteiger partial charge is 0.339 e. The van der Waals surface area contributed by atoms with Crippen LogP contribution in [-0.2, 0) is 4.79 Å². The van der Waals surface area contributed by atoms with Crippen molar-refractivity contribution < 1.29 is 14.7 Å². The lowest BCUT2D eigenvalue weighted by Crippen LogP contribution is -2.37. The second-order valence-electron chi connectivity index (χ2n) is 4.50. The molecule has 1 aliphatic rings. The molecule has 1 aliphatic heterocycles. The summed E-state index contributed by atoms with van der Waals surface area (Å²) in [5.74, 6) is -1.45. The van der Waals surface area contributed by atoms with Gasteiger partial charge in [-0.2, -0.15) is 0 Å². The van der Waals surface area contributed by atoms with E-state index in [4.69, 9.17) is 16.7 Å². The van der Waals surface area contributed by atoms with Crippen LogP contribution in [0.25, 0.3) is 0 Å². The Labute approximate surface area is 116 Å². The largest absolute Gasteiger partial charge is 0.478 e. The number of benzene rings is 1. The van der Waals surface area contributed by atoms with Crippen molar-refractivity contribution in [3.05, 3.63) is 28.8 Å². The second-order valence-corrected chi connectivity index (χ2v) is 4.91. The molecule has 102 valence electrons. The molecule has 1 heterocycles. The lowest BCUT2D eigenvalue weighted by Gasteiger charge is -2.22. The van der Waals surface area contributed by atoms with Crippen LogP contribution in [-0.4, -0.2) is 30.1 Å². The van der Waals surface area contributed by atoms with Gasteiger partial charge in [0.1, 0.15) is 5.56 Å². The van der Waals surface area contributed by atoms with Gasteiger partial charge in [-0.15, -0.1) is 0 Å². The van der Waals surface area contributed by atoms with Crippen molar-refractivity contribution >= 4 is 29.2 Å². The topological polar surface area (TPSA) is 78.4 Å². The third-order valence-electron chi connectivity index (χ3n) is 3.15. The molecule has 1 aromatic rings. The SMILES string of the molecule is O=C(O)c1c(Cl)cccc1NC(=O)[C@@H]1CCCNC1. The summed E-state index contributed by atoms with van der Waals surface area (Å²) >= 11 is 5.85. The predicted molar refractivity (Wildman–Crippen MR) is 72.6 cm³/mol. The van der Waals surface area contributed by atoms with Crippen LogP contribution in [0, 0.1) is 5.92 Å². The highest BCUT2D eigenvalue weighted by Crippen LogP contribution is 2.25. The summed E-state index contributed by atoms with van der Waals surface area (Å²) in [5, 5.41) is 15.0. The first-order valence-corrected chi connectivity index (χ1v) is 6.51. The molecule has 1 saturated heterocycles. The van der Waals surface area contributed by atoms with Crippen molar-refractivity contribution in [1.29, 1.82) is 0 Å². The standard InChI is InChI=1S/C13H15ClN2O3/c14-9-4-1-5-10(11(9)13(18)19)16-12(17)8-3-2-6-15-7-8/h1,4-5,8,15H,2-3,6-7H2,(H,16,17)(H,18,19)/t8-/m1/s1. The van der Waals surface area contributed by atoms with Gasteiger partial charge in [0.15, 0.2) is 0 Å². The average molecular weight is 283 g/mol. The van der Waals surface area contributed by atoms with E-state index in [1.165, 1.54) is 6.07 Å². The molecule has 0 bridgehead atoms. The van der Waals surface area contributed by atoms with Crippen molar-refractivity contribution in [1.82, 2.24) is 5.32 Å². The number of hydrogen-bond acceptors (Lipinski definition) is 3. The molecule has 6 heteroatoms. The van der Waals surface area contributed by atoms with Gasteiger partial charge in [0.05, 0.1) is 16.6 Å². The van der Waals surface area contributed by atoms with Gasteiger partial charge in [0, 0.05) is 6.54 Å². The molecule has 0 aliphatic carbocycles. The minimum Gasteiger partial charge on any atom is -0.478 e. The zero-order chi connectivity index (χ0) is 13.8. The fourth-order valence-electron chi connectivity index (χ4n) is 2.16. The number of piperidine rings is 1. The number of carboxylic acid groups (broad SMARTS) is 1. The number of anilines is 1. The fraction of sp³-hybridized carbons (Fsp3) is 0.385. The molecule has 19 heavy (non-hydrogen) atoms. The van der Waals surface area contributed by atoms with E-state index in [9.17, 15) is 9.59 Å². The van der Waals surface area contributed by atoms with Crippen molar-refractivity contribution in [2.45, 2.75) is 12.8 Å². The van der Waals surface area contributed by atoms with Gasteiger partial charge >= 0.3 is 5.97 Å². The molecule has 0 saturated carbocycles. The Kier molecular flexibility index (Phi) is 4.39. The Bertz CT molecular complexity index is 499. The molecule has 5 nitrogen and oxygen atoms in total. The summed E-state index contributed by atoms with van der Waals surface area (Å²) in [6.07, 6.45) is 1.75. The first kappa shape index (κ1) is 13.8. The van der Waals surface area contributed by atoms with E-state index in [2.05, 4.69) is 10.6 Å². The van der Waals surface area contributed by atoms with Crippen molar-refractivity contribution in [2.75, 3.05) is 18.4 Å². The van der Waals surface area contributed by atoms with Crippen LogP contribution >= 0.6 is 11.6 Å². The van der Waals surface area contributed by atoms with E-state index >= 15 is 0 Å². The predicted octanol–water partition coefficient (Wildman–Crippen LogP) is 1.98. The molecular weight excluding hydrogens is 268 g/mol. The maximum atomic E-state index is 12.1. The van der Waals surface area contributed by atoms with Gasteiger partial charge in [0.2, 0.25) is 5.91 Å². The Hall–Kier alpha value is -1.59. The van der Waals surface area contributed by atoms with Crippen molar-refractivity contribution in [3.63, 3.8) is 0 Å². The number of rotatable bonds is 3. The van der Waals surface area contributed by atoms with Crippen LogP contribution in [0.1, 0.15) is 23.2 Å². The van der Waals surface area contributed by atoms with Crippen molar-refractivity contribution in [2.24, 2.45) is 5.92 Å². The monoisotopic (exact) mass is 282 g/mol. The first-order chi connectivity index (χ1) is 9.09. The molecule has 1 aromatic carbocycles. The number of nitrogens with one attached hydrogen (secondary N) is 2. The normalized spacial score (nSPS) is 18.9. The van der Waals surface area contributed by atoms with E-state index in [-0.39, 0.29) is 28.1 Å². The molecule has 3 N–H and O–H groups in total. The summed E-state index contributed by atoms with van der Waals surface area (Å²) in [7, 11) is 0. The summed E-state index contributed by atoms with van der Waals surface area (Å²) < 4.78 is 0. The zero-order valence-electron chi connectivity index (χ0n) is 10.3. The van der Waals surface area contributed by atoms with Gasteiger partial charge in [-0.3, -0.25) is 4.79 Å². The van der Waals surface area contributed by atoms with E-state index in [1.54, 1.807) is 12.1 Å². The number of carboxylic acids is 1. The van der Waals surface area contributed by atoms with Crippen LogP contribution in [0.2, 0.25) is 5.02 Å². The van der Waals surface area contributed by atoms with Crippen LogP contribution in [0.15, 0.2) is 18.2 Å². The third-order valence-corrected chi connectivity index (χ3v) is 3.47. The summed E-state index contributed by atoms with van der Waals surface area (Å²) in [5.41, 5.74) is 0.178. The van der Waals surface area contributed by atoms with Crippen LogP contribution in [0.4, 0.5) is 5.69 Å². The van der Waals surface area contributed by atoms with E-state index in [0.29, 0.717) is 6.54 Å². The third kappa shape index (κ3) is 3.24. The van der Waals surface area contributed by atoms with Gasteiger partial charge in [-0.25, -0.2) is 4.79 Å². The molecule has 0 radical (unpaired) electrons. The molecule has 1 amide bonds. The van der Waals surface area contributed by atoms with Crippen LogP contribution in [0.5, 0.6) is 0 Å². The maximum absolute atomic E-state index is 12.1. The Balaban J connectivity index is 2.16. The molecule has 1 fully saturated rings. The zero-order valence-corrected chi connectivity index (χ0v) is 11.0. The van der Waals surface area contributed by atoms with Gasteiger partial charge in [-0.05, 0) is 31.5 Å². The number of hydrogen-bond donors (Lipinski definition) is 3. The van der Waals surface area contributed by atoms with Gasteiger partial charge in [0.25, 0.3) is 0 Å². The first-order valence-electron chi connectivity index (χ1n) is 6.13. The summed E-state index contributed by atoms with van der Waals surface area (Å²) in [4.78, 5) is 23.2. The molecule has 0 unspecified atom stereocenters. The van der Waals surface area contributed by atoms with Gasteiger partial charge in [-0.1, -0.05) is 17.7 Å². The minimum atomic E-state index is -1.15. The highest BCUT2D eigenvalue weighted by atomic mass is 35.5.